The number of hydrogen-bond donors (Lipinski definition) is 0. The molecule has 0 spiro atoms. The second kappa shape index (κ2) is 8.64. The number of thioether (sulfide) groups is 1. The molecule has 0 nitrogen and oxygen atoms in total. The molecule has 86 valence electrons. The fraction of sp³-hybridized carbons (Fsp3) is 1.00. The van der Waals surface area contributed by atoms with E-state index in [0.717, 1.165) is 0 Å². The highest BCUT2D eigenvalue weighted by atomic mass is 32.2. The molecule has 1 heteroatoms. The number of rotatable bonds is 8. The lowest BCUT2D eigenvalue weighted by molar-refractivity contribution is 0.603. The summed E-state index contributed by atoms with van der Waals surface area (Å²) < 4.78 is 0.461. The molecule has 0 saturated heterocycles. The van der Waals surface area contributed by atoms with E-state index in [4.69, 9.17) is 0 Å². The van der Waals surface area contributed by atoms with Gasteiger partial charge < -0.3 is 0 Å². The molecule has 0 saturated carbocycles. The van der Waals surface area contributed by atoms with E-state index in [1.807, 2.05) is 0 Å². The minimum Gasteiger partial charge on any atom is -0.156 e. The highest BCUT2D eigenvalue weighted by molar-refractivity contribution is 8.00. The van der Waals surface area contributed by atoms with E-state index in [1.54, 1.807) is 0 Å². The van der Waals surface area contributed by atoms with Crippen LogP contribution in [0.5, 0.6) is 0 Å². The van der Waals surface area contributed by atoms with Gasteiger partial charge in [0.2, 0.25) is 0 Å². The van der Waals surface area contributed by atoms with E-state index in [9.17, 15) is 0 Å². The molecule has 14 heavy (non-hydrogen) atoms. The molecule has 0 N–H and O–H groups in total. The maximum Gasteiger partial charge on any atom is 0.00750 e. The Kier molecular flexibility index (Phi) is 8.86. The van der Waals surface area contributed by atoms with Crippen molar-refractivity contribution < 1.29 is 0 Å². The Balaban J connectivity index is 2.99. The van der Waals surface area contributed by atoms with Gasteiger partial charge in [0.25, 0.3) is 0 Å². The highest BCUT2D eigenvalue weighted by Crippen LogP contribution is 2.24. The molecular formula is C13H28S. The molecule has 0 radical (unpaired) electrons. The first-order valence-electron chi connectivity index (χ1n) is 6.20. The van der Waals surface area contributed by atoms with E-state index < -0.39 is 0 Å². The summed E-state index contributed by atoms with van der Waals surface area (Å²) in [6, 6.07) is 0. The van der Waals surface area contributed by atoms with Gasteiger partial charge in [0, 0.05) is 4.75 Å². The van der Waals surface area contributed by atoms with E-state index in [1.165, 1.54) is 50.7 Å². The van der Waals surface area contributed by atoms with Gasteiger partial charge in [0.1, 0.15) is 0 Å². The van der Waals surface area contributed by atoms with Crippen LogP contribution in [0.15, 0.2) is 0 Å². The summed E-state index contributed by atoms with van der Waals surface area (Å²) in [5.74, 6) is 1.34. The van der Waals surface area contributed by atoms with Gasteiger partial charge in [-0.1, -0.05) is 66.2 Å². The van der Waals surface area contributed by atoms with E-state index >= 15 is 0 Å². The van der Waals surface area contributed by atoms with E-state index in [0.29, 0.717) is 4.75 Å². The van der Waals surface area contributed by atoms with Crippen molar-refractivity contribution in [3.63, 3.8) is 0 Å². The molecule has 0 aromatic carbocycles. The molecule has 0 atom stereocenters. The average Bonchev–Trinajstić information content (AvgIpc) is 2.08. The molecule has 0 rings (SSSR count). The third-order valence-corrected chi connectivity index (χ3v) is 3.64. The van der Waals surface area contributed by atoms with Crippen molar-refractivity contribution in [1.29, 1.82) is 0 Å². The average molecular weight is 216 g/mol. The van der Waals surface area contributed by atoms with Gasteiger partial charge in [0.05, 0.1) is 0 Å². The zero-order valence-corrected chi connectivity index (χ0v) is 11.4. The summed E-state index contributed by atoms with van der Waals surface area (Å²) in [5, 5.41) is 0. The SMILES string of the molecule is CCCCCCCCCSC(C)(C)C. The first-order chi connectivity index (χ1) is 6.56. The molecule has 0 fully saturated rings. The third kappa shape index (κ3) is 12.3. The van der Waals surface area contributed by atoms with Gasteiger partial charge in [-0.25, -0.2) is 0 Å². The molecule has 0 bridgehead atoms. The summed E-state index contributed by atoms with van der Waals surface area (Å²) in [4.78, 5) is 0. The van der Waals surface area contributed by atoms with Gasteiger partial charge in [0.15, 0.2) is 0 Å². The van der Waals surface area contributed by atoms with Crippen LogP contribution in [0, 0.1) is 0 Å². The second-order valence-corrected chi connectivity index (χ2v) is 7.00. The number of unbranched alkanes of at least 4 members (excludes halogenated alkanes) is 6. The number of hydrogen-bond acceptors (Lipinski definition) is 1. The lowest BCUT2D eigenvalue weighted by Gasteiger charge is -2.17. The van der Waals surface area contributed by atoms with Crippen molar-refractivity contribution in [3.05, 3.63) is 0 Å². The first-order valence-corrected chi connectivity index (χ1v) is 7.19. The van der Waals surface area contributed by atoms with Crippen LogP contribution in [0.25, 0.3) is 0 Å². The summed E-state index contributed by atoms with van der Waals surface area (Å²) in [6.07, 6.45) is 9.99. The van der Waals surface area contributed by atoms with Crippen LogP contribution in [-0.4, -0.2) is 10.5 Å². The van der Waals surface area contributed by atoms with Crippen LogP contribution >= 0.6 is 11.8 Å². The Hall–Kier alpha value is 0.350. The van der Waals surface area contributed by atoms with Crippen LogP contribution in [0.3, 0.4) is 0 Å². The van der Waals surface area contributed by atoms with Gasteiger partial charge >= 0.3 is 0 Å². The Bertz CT molecular complexity index is 113. The van der Waals surface area contributed by atoms with E-state index in [2.05, 4.69) is 39.5 Å². The minimum atomic E-state index is 0.461. The van der Waals surface area contributed by atoms with Crippen molar-refractivity contribution in [3.8, 4) is 0 Å². The van der Waals surface area contributed by atoms with Gasteiger partial charge in [-0.15, -0.1) is 0 Å². The van der Waals surface area contributed by atoms with Gasteiger partial charge in [-0.2, -0.15) is 11.8 Å². The maximum absolute atomic E-state index is 2.30. The molecule has 0 aliphatic rings. The third-order valence-electron chi connectivity index (χ3n) is 2.28. The monoisotopic (exact) mass is 216 g/mol. The highest BCUT2D eigenvalue weighted by Gasteiger charge is 2.08. The Morgan fingerprint density at radius 3 is 1.79 bits per heavy atom. The Morgan fingerprint density at radius 1 is 0.786 bits per heavy atom. The predicted octanol–water partition coefficient (Wildman–Crippen LogP) is 5.27. The maximum atomic E-state index is 2.30. The molecular weight excluding hydrogens is 188 g/mol. The molecule has 0 heterocycles. The van der Waals surface area contributed by atoms with Crippen molar-refractivity contribution in [2.45, 2.75) is 77.4 Å². The Morgan fingerprint density at radius 2 is 1.29 bits per heavy atom. The van der Waals surface area contributed by atoms with Crippen LogP contribution in [-0.2, 0) is 0 Å². The lowest BCUT2D eigenvalue weighted by atomic mass is 10.1. The zero-order chi connectivity index (χ0) is 10.9. The van der Waals surface area contributed by atoms with Gasteiger partial charge in [-0.05, 0) is 12.2 Å². The largest absolute Gasteiger partial charge is 0.156 e. The molecule has 0 aromatic rings. The van der Waals surface area contributed by atoms with Crippen molar-refractivity contribution in [2.24, 2.45) is 0 Å². The fourth-order valence-electron chi connectivity index (χ4n) is 1.44. The smallest absolute Gasteiger partial charge is 0.00750 e. The zero-order valence-electron chi connectivity index (χ0n) is 10.6. The summed E-state index contributed by atoms with van der Waals surface area (Å²) in [6.45, 7) is 9.19. The molecule has 0 aliphatic carbocycles. The molecule has 0 amide bonds. The first kappa shape index (κ1) is 14.3. The van der Waals surface area contributed by atoms with Crippen LogP contribution in [0.4, 0.5) is 0 Å². The van der Waals surface area contributed by atoms with E-state index in [-0.39, 0.29) is 0 Å². The molecule has 0 unspecified atom stereocenters. The van der Waals surface area contributed by atoms with Gasteiger partial charge in [-0.3, -0.25) is 0 Å². The topological polar surface area (TPSA) is 0 Å². The van der Waals surface area contributed by atoms with Crippen molar-refractivity contribution in [1.82, 2.24) is 0 Å². The quantitative estimate of drug-likeness (QED) is 0.498. The van der Waals surface area contributed by atoms with Crippen molar-refractivity contribution in [2.75, 3.05) is 5.75 Å². The van der Waals surface area contributed by atoms with Crippen LogP contribution in [0.1, 0.15) is 72.6 Å². The molecule has 0 aromatic heterocycles. The van der Waals surface area contributed by atoms with Crippen molar-refractivity contribution >= 4 is 11.8 Å². The molecule has 0 aliphatic heterocycles. The lowest BCUT2D eigenvalue weighted by Crippen LogP contribution is -2.08. The van der Waals surface area contributed by atoms with Crippen LogP contribution in [0.2, 0.25) is 0 Å². The Labute approximate surface area is 95.2 Å². The summed E-state index contributed by atoms with van der Waals surface area (Å²) >= 11 is 2.10. The summed E-state index contributed by atoms with van der Waals surface area (Å²) in [5.41, 5.74) is 0. The standard InChI is InChI=1S/C13H28S/c1-5-6-7-8-9-10-11-12-14-13(2,3)4/h5-12H2,1-4H3. The summed E-state index contributed by atoms with van der Waals surface area (Å²) in [7, 11) is 0. The second-order valence-electron chi connectivity index (χ2n) is 5.08. The van der Waals surface area contributed by atoms with Crippen LogP contribution < -0.4 is 0 Å². The fourth-order valence-corrected chi connectivity index (χ4v) is 2.40. The normalized spacial score (nSPS) is 12.0. The predicted molar refractivity (Wildman–Crippen MR) is 70.2 cm³/mol. The minimum absolute atomic E-state index is 0.461.